The lowest BCUT2D eigenvalue weighted by Gasteiger charge is -2.49. The highest BCUT2D eigenvalue weighted by atomic mass is 16.5. The van der Waals surface area contributed by atoms with Crippen LogP contribution in [0.1, 0.15) is 37.8 Å². The van der Waals surface area contributed by atoms with Gasteiger partial charge in [0.15, 0.2) is 0 Å². The Morgan fingerprint density at radius 1 is 1.38 bits per heavy atom. The van der Waals surface area contributed by atoms with Gasteiger partial charge in [-0.15, -0.1) is 0 Å². The van der Waals surface area contributed by atoms with Crippen LogP contribution in [0.25, 0.3) is 0 Å². The van der Waals surface area contributed by atoms with Gasteiger partial charge < -0.3 is 15.2 Å². The molecule has 21 heavy (non-hydrogen) atoms. The Morgan fingerprint density at radius 3 is 2.52 bits per heavy atom. The van der Waals surface area contributed by atoms with Crippen LogP contribution in [-0.2, 0) is 4.79 Å². The van der Waals surface area contributed by atoms with E-state index in [-0.39, 0.29) is 23.5 Å². The number of ether oxygens (including phenoxy) is 1. The molecular weight excluding hydrogens is 266 g/mol. The Hall–Kier alpha value is -1.55. The summed E-state index contributed by atoms with van der Waals surface area (Å²) >= 11 is 0. The van der Waals surface area contributed by atoms with Gasteiger partial charge in [-0.1, -0.05) is 32.0 Å². The van der Waals surface area contributed by atoms with Crippen LogP contribution in [0.15, 0.2) is 18.2 Å². The lowest BCUT2D eigenvalue weighted by molar-refractivity contribution is -0.129. The Bertz CT molecular complexity index is 505. The number of aliphatic hydroxyl groups is 1. The van der Waals surface area contributed by atoms with E-state index in [9.17, 15) is 9.90 Å². The average molecular weight is 291 g/mol. The molecule has 0 saturated heterocycles. The van der Waals surface area contributed by atoms with E-state index in [1.54, 1.807) is 0 Å². The number of carbonyl (C=O) groups excluding carboxylic acids is 1. The molecule has 1 aliphatic carbocycles. The summed E-state index contributed by atoms with van der Waals surface area (Å²) in [5.41, 5.74) is 1.93. The quantitative estimate of drug-likeness (QED) is 0.875. The molecule has 1 fully saturated rings. The summed E-state index contributed by atoms with van der Waals surface area (Å²) in [6, 6.07) is 6.05. The van der Waals surface area contributed by atoms with E-state index in [0.717, 1.165) is 16.9 Å². The predicted molar refractivity (Wildman–Crippen MR) is 82.4 cm³/mol. The summed E-state index contributed by atoms with van der Waals surface area (Å²) in [5.74, 6) is 0.843. The maximum absolute atomic E-state index is 11.9. The zero-order valence-electron chi connectivity index (χ0n) is 13.3. The van der Waals surface area contributed by atoms with E-state index >= 15 is 0 Å². The van der Waals surface area contributed by atoms with E-state index in [1.165, 1.54) is 0 Å². The molecule has 4 nitrogen and oxygen atoms in total. The molecule has 116 valence electrons. The lowest BCUT2D eigenvalue weighted by Crippen LogP contribution is -2.61. The first-order chi connectivity index (χ1) is 9.82. The Kier molecular flexibility index (Phi) is 4.57. The van der Waals surface area contributed by atoms with Crippen molar-refractivity contribution in [2.45, 2.75) is 52.7 Å². The molecule has 1 saturated carbocycles. The van der Waals surface area contributed by atoms with Gasteiger partial charge in [0.25, 0.3) is 0 Å². The molecular formula is C17H25NO3. The van der Waals surface area contributed by atoms with E-state index < -0.39 is 0 Å². The standard InChI is InChI=1S/C17H25NO3/c1-11-6-5-7-12(2)16(11)21-9-8-15(20)18-13-10-14(19)17(13,3)4/h5-7,13-14,19H,8-10H2,1-4H3,(H,18,20). The molecule has 0 aromatic heterocycles. The van der Waals surface area contributed by atoms with Gasteiger partial charge in [0.2, 0.25) is 5.91 Å². The normalized spacial score (nSPS) is 23.3. The lowest BCUT2D eigenvalue weighted by atomic mass is 9.64. The van der Waals surface area contributed by atoms with Crippen molar-refractivity contribution in [3.8, 4) is 5.75 Å². The molecule has 1 amide bonds. The molecule has 0 bridgehead atoms. The van der Waals surface area contributed by atoms with Crippen LogP contribution in [0.2, 0.25) is 0 Å². The molecule has 2 rings (SSSR count). The van der Waals surface area contributed by atoms with Gasteiger partial charge in [-0.2, -0.15) is 0 Å². The van der Waals surface area contributed by atoms with Gasteiger partial charge in [-0.05, 0) is 31.4 Å². The number of hydrogen-bond acceptors (Lipinski definition) is 3. The second-order valence-electron chi connectivity index (χ2n) is 6.51. The zero-order chi connectivity index (χ0) is 15.6. The average Bonchev–Trinajstić information content (AvgIpc) is 2.42. The Morgan fingerprint density at radius 2 is 2.00 bits per heavy atom. The van der Waals surface area contributed by atoms with Crippen LogP contribution in [0.4, 0.5) is 0 Å². The van der Waals surface area contributed by atoms with Crippen LogP contribution in [0, 0.1) is 19.3 Å². The second kappa shape index (κ2) is 6.06. The van der Waals surface area contributed by atoms with Gasteiger partial charge in [0.1, 0.15) is 5.75 Å². The summed E-state index contributed by atoms with van der Waals surface area (Å²) in [7, 11) is 0. The fraction of sp³-hybridized carbons (Fsp3) is 0.588. The molecule has 2 unspecified atom stereocenters. The van der Waals surface area contributed by atoms with Crippen molar-refractivity contribution in [3.05, 3.63) is 29.3 Å². The van der Waals surface area contributed by atoms with Gasteiger partial charge in [-0.25, -0.2) is 0 Å². The van der Waals surface area contributed by atoms with Crippen LogP contribution in [0.3, 0.4) is 0 Å². The van der Waals surface area contributed by atoms with Crippen molar-refractivity contribution >= 4 is 5.91 Å². The van der Waals surface area contributed by atoms with Crippen LogP contribution < -0.4 is 10.1 Å². The molecule has 1 aliphatic rings. The maximum atomic E-state index is 11.9. The fourth-order valence-electron chi connectivity index (χ4n) is 2.69. The van der Waals surface area contributed by atoms with Gasteiger partial charge in [0.05, 0.1) is 19.1 Å². The van der Waals surface area contributed by atoms with E-state index in [1.807, 2.05) is 45.9 Å². The van der Waals surface area contributed by atoms with Gasteiger partial charge in [0, 0.05) is 11.5 Å². The number of amides is 1. The first-order valence-corrected chi connectivity index (χ1v) is 7.49. The maximum Gasteiger partial charge on any atom is 0.223 e. The van der Waals surface area contributed by atoms with E-state index in [2.05, 4.69) is 5.32 Å². The van der Waals surface area contributed by atoms with Gasteiger partial charge >= 0.3 is 0 Å². The second-order valence-corrected chi connectivity index (χ2v) is 6.51. The Labute approximate surface area is 126 Å². The minimum absolute atomic E-state index is 0.0220. The number of carbonyl (C=O) groups is 1. The molecule has 4 heteroatoms. The first kappa shape index (κ1) is 15.8. The number of para-hydroxylation sites is 1. The van der Waals surface area contributed by atoms with Crippen LogP contribution in [-0.4, -0.2) is 29.8 Å². The molecule has 0 aliphatic heterocycles. The number of hydrogen-bond donors (Lipinski definition) is 2. The van der Waals surface area contributed by atoms with E-state index in [4.69, 9.17) is 4.74 Å². The number of aryl methyl sites for hydroxylation is 2. The monoisotopic (exact) mass is 291 g/mol. The largest absolute Gasteiger partial charge is 0.493 e. The Balaban J connectivity index is 1.78. The predicted octanol–water partition coefficient (Wildman–Crippen LogP) is 2.35. The molecule has 1 aromatic carbocycles. The van der Waals surface area contributed by atoms with Crippen molar-refractivity contribution in [2.75, 3.05) is 6.61 Å². The number of nitrogens with one attached hydrogen (secondary N) is 1. The van der Waals surface area contributed by atoms with E-state index in [0.29, 0.717) is 19.4 Å². The summed E-state index contributed by atoms with van der Waals surface area (Å²) in [6.45, 7) is 8.31. The molecule has 2 atom stereocenters. The van der Waals surface area contributed by atoms with Crippen molar-refractivity contribution in [2.24, 2.45) is 5.41 Å². The minimum atomic E-state index is -0.325. The number of rotatable bonds is 5. The van der Waals surface area contributed by atoms with Crippen LogP contribution >= 0.6 is 0 Å². The molecule has 0 heterocycles. The summed E-state index contributed by atoms with van der Waals surface area (Å²) < 4.78 is 5.73. The van der Waals surface area contributed by atoms with Crippen molar-refractivity contribution in [3.63, 3.8) is 0 Å². The van der Waals surface area contributed by atoms with Gasteiger partial charge in [-0.3, -0.25) is 4.79 Å². The SMILES string of the molecule is Cc1cccc(C)c1OCCC(=O)NC1CC(O)C1(C)C. The summed E-state index contributed by atoms with van der Waals surface area (Å²) in [5, 5.41) is 12.6. The van der Waals surface area contributed by atoms with Crippen molar-refractivity contribution in [1.29, 1.82) is 0 Å². The molecule has 2 N–H and O–H groups in total. The number of aliphatic hydroxyl groups excluding tert-OH is 1. The highest BCUT2D eigenvalue weighted by molar-refractivity contribution is 5.76. The van der Waals surface area contributed by atoms with Crippen molar-refractivity contribution < 1.29 is 14.6 Å². The highest BCUT2D eigenvalue weighted by Crippen LogP contribution is 2.40. The molecule has 0 radical (unpaired) electrons. The third-order valence-electron chi connectivity index (χ3n) is 4.54. The topological polar surface area (TPSA) is 58.6 Å². The molecule has 0 spiro atoms. The highest BCUT2D eigenvalue weighted by Gasteiger charge is 2.47. The zero-order valence-corrected chi connectivity index (χ0v) is 13.3. The van der Waals surface area contributed by atoms with Crippen LogP contribution in [0.5, 0.6) is 5.75 Å². The smallest absolute Gasteiger partial charge is 0.223 e. The third kappa shape index (κ3) is 3.38. The first-order valence-electron chi connectivity index (χ1n) is 7.49. The summed E-state index contributed by atoms with van der Waals surface area (Å²) in [6.07, 6.45) is 0.640. The third-order valence-corrected chi connectivity index (χ3v) is 4.54. The molecule has 1 aromatic rings. The summed E-state index contributed by atoms with van der Waals surface area (Å²) in [4.78, 5) is 11.9. The minimum Gasteiger partial charge on any atom is -0.493 e. The number of benzene rings is 1. The van der Waals surface area contributed by atoms with Crippen molar-refractivity contribution in [1.82, 2.24) is 5.32 Å². The fourth-order valence-corrected chi connectivity index (χ4v) is 2.69.